The Morgan fingerprint density at radius 2 is 0.487 bits per heavy atom. The monoisotopic (exact) mass is 1110 g/mol. The summed E-state index contributed by atoms with van der Waals surface area (Å²) in [7, 11) is 1.50. The number of benzene rings is 5. The minimum absolute atomic E-state index is 0.273. The first-order valence-electron chi connectivity index (χ1n) is 25.0. The van der Waals surface area contributed by atoms with Crippen molar-refractivity contribution in [2.75, 3.05) is 26.8 Å². The fourth-order valence-electron chi connectivity index (χ4n) is 6.62. The summed E-state index contributed by atoms with van der Waals surface area (Å²) >= 11 is 0. The lowest BCUT2D eigenvalue weighted by molar-refractivity contribution is -0.242. The van der Waals surface area contributed by atoms with E-state index in [1.807, 2.05) is 0 Å². The SMILES string of the molecule is CCCCCCOO.CCCCCN.CCOO.CN.O=c1[nH][nH]c(=O)c2ccccc12.O=c1[nH][nH]c(=O)c2ccccc12.O=c1[nH][nH]c(=O)c2ccccc12.O=c1[nH][nH]c(=O)c2ccccc12.O=c1[nH][nH]c(=O)c2ccccc12. The number of aromatic amines is 10. The molecule has 0 saturated carbocycles. The summed E-state index contributed by atoms with van der Waals surface area (Å²) in [5.74, 6) is 0. The molecular formula is C54H68N12O14. The van der Waals surface area contributed by atoms with Crippen LogP contribution in [0.3, 0.4) is 0 Å². The second-order valence-corrected chi connectivity index (χ2v) is 16.1. The van der Waals surface area contributed by atoms with Crippen LogP contribution < -0.4 is 67.1 Å². The van der Waals surface area contributed by atoms with Crippen molar-refractivity contribution in [2.45, 2.75) is 65.7 Å². The summed E-state index contributed by atoms with van der Waals surface area (Å²) in [6.07, 6.45) is 8.36. The molecule has 80 heavy (non-hydrogen) atoms. The van der Waals surface area contributed by atoms with E-state index in [-0.39, 0.29) is 55.6 Å². The zero-order valence-electron chi connectivity index (χ0n) is 44.6. The molecule has 0 aliphatic rings. The maximum absolute atomic E-state index is 11.1. The summed E-state index contributed by atoms with van der Waals surface area (Å²) in [6, 6.07) is 33.3. The van der Waals surface area contributed by atoms with E-state index in [2.05, 4.69) is 80.3 Å². The molecule has 0 fully saturated rings. The second kappa shape index (κ2) is 38.2. The zero-order valence-corrected chi connectivity index (χ0v) is 44.6. The molecule has 0 amide bonds. The van der Waals surface area contributed by atoms with Gasteiger partial charge in [0.05, 0.1) is 67.1 Å². The number of aromatic nitrogens is 10. The van der Waals surface area contributed by atoms with Crippen molar-refractivity contribution in [3.63, 3.8) is 0 Å². The lowest BCUT2D eigenvalue weighted by Crippen LogP contribution is -2.18. The van der Waals surface area contributed by atoms with Crippen LogP contribution in [0.25, 0.3) is 53.9 Å². The van der Waals surface area contributed by atoms with Gasteiger partial charge in [-0.05, 0) is 94.0 Å². The standard InChI is InChI=1S/5C8H6N2O2.C6H14O2.C5H13N.C2H6O2.CH5N/c5*11-7-5-3-1-2-4-6(5)8(12)10-9-7;1-2-3-4-5-6-8-7;1-2-3-4-5-6;1-2-4-3;1-2/h5*1-4H,(H,9,11)(H,10,12);7H,2-6H2,1H3;2-6H2,1H3;3H,2H2,1H3;2H2,1H3. The average Bonchev–Trinajstić information content (AvgIpc) is 3.51. The summed E-state index contributed by atoms with van der Waals surface area (Å²) in [6.45, 7) is 7.75. The van der Waals surface area contributed by atoms with Gasteiger partial charge >= 0.3 is 0 Å². The predicted molar refractivity (Wildman–Crippen MR) is 312 cm³/mol. The maximum Gasteiger partial charge on any atom is 0.270 e. The predicted octanol–water partition coefficient (Wildman–Crippen LogP) is 4.34. The number of nitrogens with one attached hydrogen (secondary N) is 10. The fourth-order valence-corrected chi connectivity index (χ4v) is 6.62. The number of fused-ring (bicyclic) bond motifs is 5. The van der Waals surface area contributed by atoms with Crippen LogP contribution in [-0.2, 0) is 9.78 Å². The van der Waals surface area contributed by atoms with Crippen molar-refractivity contribution in [2.24, 2.45) is 11.5 Å². The molecule has 0 spiro atoms. The Morgan fingerprint density at radius 3 is 0.613 bits per heavy atom. The Kier molecular flexibility index (Phi) is 31.8. The molecule has 26 heteroatoms. The smallest absolute Gasteiger partial charge is 0.270 e. The Balaban J connectivity index is 0.000000317. The molecule has 0 unspecified atom stereocenters. The van der Waals surface area contributed by atoms with Gasteiger partial charge in [-0.1, -0.05) is 107 Å². The molecule has 16 N–H and O–H groups in total. The molecule has 0 radical (unpaired) electrons. The van der Waals surface area contributed by atoms with Gasteiger partial charge in [-0.15, -0.1) is 0 Å². The number of rotatable bonds is 9. The first-order chi connectivity index (χ1) is 38.7. The molecule has 26 nitrogen and oxygen atoms in total. The van der Waals surface area contributed by atoms with E-state index in [4.69, 9.17) is 16.2 Å². The lowest BCUT2D eigenvalue weighted by atomic mass is 10.2. The van der Waals surface area contributed by atoms with Crippen LogP contribution in [0.2, 0.25) is 0 Å². The third-order valence-corrected chi connectivity index (χ3v) is 10.6. The van der Waals surface area contributed by atoms with Gasteiger partial charge in [0, 0.05) is 0 Å². The van der Waals surface area contributed by atoms with Gasteiger partial charge in [-0.3, -0.25) is 109 Å². The van der Waals surface area contributed by atoms with Crippen LogP contribution in [0.1, 0.15) is 65.7 Å². The minimum atomic E-state index is -0.273. The van der Waals surface area contributed by atoms with E-state index >= 15 is 0 Å². The molecule has 0 bridgehead atoms. The summed E-state index contributed by atoms with van der Waals surface area (Å²) in [4.78, 5) is 118. The Morgan fingerprint density at radius 1 is 0.312 bits per heavy atom. The number of hydrogen-bond acceptors (Lipinski definition) is 16. The van der Waals surface area contributed by atoms with Gasteiger partial charge in [0.2, 0.25) is 0 Å². The fraction of sp³-hybridized carbons (Fsp3) is 0.259. The van der Waals surface area contributed by atoms with Gasteiger partial charge < -0.3 is 11.5 Å². The maximum atomic E-state index is 11.1. The molecule has 0 atom stereocenters. The van der Waals surface area contributed by atoms with Gasteiger partial charge in [0.1, 0.15) is 0 Å². The van der Waals surface area contributed by atoms with Crippen molar-refractivity contribution in [3.8, 4) is 0 Å². The van der Waals surface area contributed by atoms with E-state index in [1.54, 1.807) is 128 Å². The number of nitrogens with two attached hydrogens (primary N) is 2. The lowest BCUT2D eigenvalue weighted by Gasteiger charge is -1.93. The zero-order chi connectivity index (χ0) is 59.2. The molecule has 5 heterocycles. The van der Waals surface area contributed by atoms with Crippen molar-refractivity contribution >= 4 is 53.9 Å². The topological polar surface area (TPSA) is 440 Å². The summed E-state index contributed by atoms with van der Waals surface area (Å²) in [5.41, 5.74) is 6.98. The highest BCUT2D eigenvalue weighted by Crippen LogP contribution is 2.04. The van der Waals surface area contributed by atoms with Crippen LogP contribution in [0.5, 0.6) is 0 Å². The highest BCUT2D eigenvalue weighted by molar-refractivity contribution is 5.82. The number of unbranched alkanes of at least 4 members (excludes halogenated alkanes) is 5. The van der Waals surface area contributed by atoms with Crippen LogP contribution in [0, 0.1) is 0 Å². The normalized spacial score (nSPS) is 9.85. The Hall–Kier alpha value is -9.44. The van der Waals surface area contributed by atoms with E-state index in [0.29, 0.717) is 67.1 Å². The molecule has 0 aliphatic heterocycles. The quantitative estimate of drug-likeness (QED) is 0.0543. The van der Waals surface area contributed by atoms with E-state index in [1.165, 1.54) is 39.2 Å². The first-order valence-corrected chi connectivity index (χ1v) is 25.0. The molecule has 0 aliphatic carbocycles. The van der Waals surface area contributed by atoms with Gasteiger partial charge in [-0.2, -0.15) is 0 Å². The van der Waals surface area contributed by atoms with E-state index < -0.39 is 0 Å². The molecule has 5 aromatic carbocycles. The van der Waals surface area contributed by atoms with Crippen LogP contribution in [-0.4, -0.2) is 88.3 Å². The van der Waals surface area contributed by atoms with Crippen molar-refractivity contribution in [1.29, 1.82) is 0 Å². The molecule has 10 rings (SSSR count). The molecule has 428 valence electrons. The first kappa shape index (κ1) is 66.7. The van der Waals surface area contributed by atoms with Crippen molar-refractivity contribution in [3.05, 3.63) is 225 Å². The van der Waals surface area contributed by atoms with Gasteiger partial charge in [-0.25, -0.2) is 9.78 Å². The van der Waals surface area contributed by atoms with Gasteiger partial charge in [0.25, 0.3) is 55.6 Å². The molecule has 5 aromatic heterocycles. The number of H-pyrrole nitrogens is 10. The van der Waals surface area contributed by atoms with E-state index in [0.717, 1.165) is 19.4 Å². The van der Waals surface area contributed by atoms with E-state index in [9.17, 15) is 47.9 Å². The molecule has 0 saturated heterocycles. The Labute approximate surface area is 452 Å². The highest BCUT2D eigenvalue weighted by Gasteiger charge is 2.03. The third kappa shape index (κ3) is 21.9. The van der Waals surface area contributed by atoms with Crippen LogP contribution in [0.15, 0.2) is 169 Å². The second-order valence-electron chi connectivity index (χ2n) is 16.1. The Bertz CT molecular complexity index is 3190. The number of hydrogen-bond donors (Lipinski definition) is 14. The van der Waals surface area contributed by atoms with Crippen LogP contribution >= 0.6 is 0 Å². The van der Waals surface area contributed by atoms with Gasteiger partial charge in [0.15, 0.2) is 0 Å². The van der Waals surface area contributed by atoms with Crippen LogP contribution in [0.4, 0.5) is 0 Å². The van der Waals surface area contributed by atoms with Crippen molar-refractivity contribution in [1.82, 2.24) is 51.0 Å². The highest BCUT2D eigenvalue weighted by atomic mass is 17.1. The molecule has 10 aromatic rings. The molecular weight excluding hydrogens is 1040 g/mol. The summed E-state index contributed by atoms with van der Waals surface area (Å²) in [5, 5.41) is 41.9. The largest absolute Gasteiger partial charge is 0.333 e. The minimum Gasteiger partial charge on any atom is -0.333 e. The van der Waals surface area contributed by atoms with Crippen molar-refractivity contribution < 1.29 is 20.3 Å². The third-order valence-electron chi connectivity index (χ3n) is 10.6. The summed E-state index contributed by atoms with van der Waals surface area (Å²) < 4.78 is 0. The average molecular weight is 1110 g/mol.